The molecule has 0 aromatic carbocycles. The normalized spacial score (nSPS) is 11.0. The molecule has 0 radical (unpaired) electrons. The van der Waals surface area contributed by atoms with Crippen LogP contribution in [0.2, 0.25) is 0 Å². The Morgan fingerprint density at radius 2 is 2.20 bits per heavy atom. The molecule has 0 aliphatic rings. The highest BCUT2D eigenvalue weighted by Crippen LogP contribution is 2.03. The van der Waals surface area contributed by atoms with E-state index in [0.717, 1.165) is 13.0 Å². The zero-order valence-electron chi connectivity index (χ0n) is 6.68. The van der Waals surface area contributed by atoms with Gasteiger partial charge in [-0.2, -0.15) is 11.8 Å². The lowest BCUT2D eigenvalue weighted by molar-refractivity contribution is 0.942. The summed E-state index contributed by atoms with van der Waals surface area (Å²) in [5, 5.41) is 0. The van der Waals surface area contributed by atoms with Crippen molar-refractivity contribution in [3.8, 4) is 0 Å². The number of thioether (sulfide) groups is 1. The number of nitrogens with two attached hydrogens (primary N) is 1. The highest BCUT2D eigenvalue weighted by molar-refractivity contribution is 7.99. The second-order valence-electron chi connectivity index (χ2n) is 2.11. The number of allylic oxidation sites excluding steroid dienone is 2. The van der Waals surface area contributed by atoms with Crippen molar-refractivity contribution in [2.75, 3.05) is 18.1 Å². The maximum absolute atomic E-state index is 5.34. The molecular formula is C8H17NS. The third-order valence-electron chi connectivity index (χ3n) is 1.16. The second kappa shape index (κ2) is 9.05. The first kappa shape index (κ1) is 10.0. The van der Waals surface area contributed by atoms with Crippen LogP contribution in [-0.2, 0) is 0 Å². The van der Waals surface area contributed by atoms with E-state index in [2.05, 4.69) is 19.1 Å². The first-order chi connectivity index (χ1) is 4.91. The van der Waals surface area contributed by atoms with Crippen molar-refractivity contribution in [2.24, 2.45) is 5.73 Å². The van der Waals surface area contributed by atoms with E-state index in [0.29, 0.717) is 0 Å². The van der Waals surface area contributed by atoms with Crippen LogP contribution in [0.1, 0.15) is 19.8 Å². The van der Waals surface area contributed by atoms with Crippen LogP contribution in [0.4, 0.5) is 0 Å². The monoisotopic (exact) mass is 159 g/mol. The molecule has 2 N–H and O–H groups in total. The van der Waals surface area contributed by atoms with E-state index in [9.17, 15) is 0 Å². The zero-order chi connectivity index (χ0) is 7.66. The van der Waals surface area contributed by atoms with E-state index in [-0.39, 0.29) is 0 Å². The van der Waals surface area contributed by atoms with E-state index in [1.807, 2.05) is 11.8 Å². The molecule has 0 aliphatic heterocycles. The molecule has 0 amide bonds. The van der Waals surface area contributed by atoms with Crippen molar-refractivity contribution < 1.29 is 0 Å². The summed E-state index contributed by atoms with van der Waals surface area (Å²) < 4.78 is 0. The smallest absolute Gasteiger partial charge is 0.00329 e. The SMILES string of the molecule is C/C=C/CCSCCCN. The van der Waals surface area contributed by atoms with Crippen LogP contribution in [0.15, 0.2) is 12.2 Å². The molecule has 0 unspecified atom stereocenters. The molecule has 0 atom stereocenters. The van der Waals surface area contributed by atoms with Crippen LogP contribution in [-0.4, -0.2) is 18.1 Å². The minimum Gasteiger partial charge on any atom is -0.330 e. The fourth-order valence-electron chi connectivity index (χ4n) is 0.605. The molecule has 0 aromatic rings. The van der Waals surface area contributed by atoms with Crippen molar-refractivity contribution in [2.45, 2.75) is 19.8 Å². The Hall–Kier alpha value is 0.0500. The van der Waals surface area contributed by atoms with Gasteiger partial charge in [0.15, 0.2) is 0 Å². The molecule has 0 saturated carbocycles. The van der Waals surface area contributed by atoms with Crippen molar-refractivity contribution in [3.63, 3.8) is 0 Å². The lowest BCUT2D eigenvalue weighted by atomic mass is 10.4. The van der Waals surface area contributed by atoms with E-state index < -0.39 is 0 Å². The fraction of sp³-hybridized carbons (Fsp3) is 0.750. The van der Waals surface area contributed by atoms with E-state index in [1.165, 1.54) is 17.9 Å². The third kappa shape index (κ3) is 8.05. The van der Waals surface area contributed by atoms with Gasteiger partial charge in [-0.05, 0) is 37.8 Å². The quantitative estimate of drug-likeness (QED) is 0.474. The maximum Gasteiger partial charge on any atom is -0.00329 e. The Morgan fingerprint density at radius 1 is 1.40 bits per heavy atom. The van der Waals surface area contributed by atoms with Gasteiger partial charge in [0.05, 0.1) is 0 Å². The second-order valence-corrected chi connectivity index (χ2v) is 3.34. The van der Waals surface area contributed by atoms with Crippen molar-refractivity contribution in [3.05, 3.63) is 12.2 Å². The highest BCUT2D eigenvalue weighted by atomic mass is 32.2. The minimum atomic E-state index is 0.830. The summed E-state index contributed by atoms with van der Waals surface area (Å²) in [7, 11) is 0. The van der Waals surface area contributed by atoms with Crippen molar-refractivity contribution in [1.29, 1.82) is 0 Å². The summed E-state index contributed by atoms with van der Waals surface area (Å²) in [4.78, 5) is 0. The average molecular weight is 159 g/mol. The highest BCUT2D eigenvalue weighted by Gasteiger charge is 1.84. The summed E-state index contributed by atoms with van der Waals surface area (Å²) in [5.41, 5.74) is 5.34. The molecular weight excluding hydrogens is 142 g/mol. The van der Waals surface area contributed by atoms with Crippen molar-refractivity contribution >= 4 is 11.8 Å². The standard InChI is InChI=1S/C8H17NS/c1-2-3-4-7-10-8-5-6-9/h2-3H,4-9H2,1H3/b3-2+. The van der Waals surface area contributed by atoms with Gasteiger partial charge in [-0.15, -0.1) is 0 Å². The van der Waals surface area contributed by atoms with Gasteiger partial charge < -0.3 is 5.73 Å². The predicted molar refractivity (Wildman–Crippen MR) is 50.4 cm³/mol. The lowest BCUT2D eigenvalue weighted by Gasteiger charge is -1.95. The van der Waals surface area contributed by atoms with Crippen LogP contribution >= 0.6 is 11.8 Å². The van der Waals surface area contributed by atoms with Crippen LogP contribution in [0.3, 0.4) is 0 Å². The van der Waals surface area contributed by atoms with Gasteiger partial charge in [0, 0.05) is 0 Å². The minimum absolute atomic E-state index is 0.830. The Kier molecular flexibility index (Phi) is 9.10. The third-order valence-corrected chi connectivity index (χ3v) is 2.26. The Bertz CT molecular complexity index is 81.3. The number of rotatable bonds is 6. The van der Waals surface area contributed by atoms with Crippen LogP contribution < -0.4 is 5.73 Å². The van der Waals surface area contributed by atoms with Gasteiger partial charge in [-0.1, -0.05) is 12.2 Å². The summed E-state index contributed by atoms with van der Waals surface area (Å²) >= 11 is 1.99. The summed E-state index contributed by atoms with van der Waals surface area (Å²) in [6.07, 6.45) is 6.66. The molecule has 0 spiro atoms. The Balaban J connectivity index is 2.77. The van der Waals surface area contributed by atoms with E-state index >= 15 is 0 Å². The van der Waals surface area contributed by atoms with Crippen LogP contribution in [0.5, 0.6) is 0 Å². The van der Waals surface area contributed by atoms with Gasteiger partial charge in [0.1, 0.15) is 0 Å². The largest absolute Gasteiger partial charge is 0.330 e. The number of hydrogen-bond acceptors (Lipinski definition) is 2. The zero-order valence-corrected chi connectivity index (χ0v) is 7.49. The Morgan fingerprint density at radius 3 is 2.80 bits per heavy atom. The molecule has 0 aliphatic carbocycles. The van der Waals surface area contributed by atoms with E-state index in [1.54, 1.807) is 0 Å². The molecule has 0 saturated heterocycles. The van der Waals surface area contributed by atoms with Crippen molar-refractivity contribution in [1.82, 2.24) is 0 Å². The lowest BCUT2D eigenvalue weighted by Crippen LogP contribution is -1.99. The topological polar surface area (TPSA) is 26.0 Å². The molecule has 0 heterocycles. The Labute approximate surface area is 68.1 Å². The van der Waals surface area contributed by atoms with Gasteiger partial charge in [0.2, 0.25) is 0 Å². The molecule has 60 valence electrons. The average Bonchev–Trinajstić information content (AvgIpc) is 1.97. The molecule has 0 aromatic heterocycles. The molecule has 0 rings (SSSR count). The first-order valence-electron chi connectivity index (χ1n) is 3.80. The first-order valence-corrected chi connectivity index (χ1v) is 4.96. The van der Waals surface area contributed by atoms with E-state index in [4.69, 9.17) is 5.73 Å². The fourth-order valence-corrected chi connectivity index (χ4v) is 1.48. The molecule has 0 fully saturated rings. The van der Waals surface area contributed by atoms with Gasteiger partial charge >= 0.3 is 0 Å². The van der Waals surface area contributed by atoms with Crippen LogP contribution in [0.25, 0.3) is 0 Å². The maximum atomic E-state index is 5.34. The molecule has 0 bridgehead atoms. The van der Waals surface area contributed by atoms with Crippen LogP contribution in [0, 0.1) is 0 Å². The predicted octanol–water partition coefficient (Wildman–Crippen LogP) is 2.03. The van der Waals surface area contributed by atoms with Gasteiger partial charge in [0.25, 0.3) is 0 Å². The number of hydrogen-bond donors (Lipinski definition) is 1. The molecule has 1 nitrogen and oxygen atoms in total. The molecule has 2 heteroatoms. The van der Waals surface area contributed by atoms with Gasteiger partial charge in [-0.3, -0.25) is 0 Å². The summed E-state index contributed by atoms with van der Waals surface area (Å²) in [6, 6.07) is 0. The summed E-state index contributed by atoms with van der Waals surface area (Å²) in [5.74, 6) is 2.46. The molecule has 10 heavy (non-hydrogen) atoms. The van der Waals surface area contributed by atoms with Gasteiger partial charge in [-0.25, -0.2) is 0 Å². The summed E-state index contributed by atoms with van der Waals surface area (Å²) in [6.45, 7) is 2.89.